The summed E-state index contributed by atoms with van der Waals surface area (Å²) in [4.78, 5) is 20.7. The van der Waals surface area contributed by atoms with E-state index in [0.717, 1.165) is 35.2 Å². The standard InChI is InChI=1S/C21H25N3O4.CH4O3S/c1-4-28-19-8-14-15-7-13(25)5-6-17(15)23-20(16(14)9-18(19)27-3)12-10-22-21(26)24(2)11-12;1-5(2,3)4/h8-11,13,15,17,25H,4-7H2,1-3H3;1H3,(H,2,3,4)/t13-,15-,17-;/m1./s1. The smallest absolute Gasteiger partial charge is 0.347 e. The number of methoxy groups -OCH3 is 1. The number of nitrogens with zero attached hydrogens (tertiary/aromatic N) is 3. The summed E-state index contributed by atoms with van der Waals surface area (Å²) in [7, 11) is -0.369. The van der Waals surface area contributed by atoms with Crippen molar-refractivity contribution in [3.8, 4) is 11.5 Å². The topological polar surface area (TPSA) is 140 Å². The third-order valence-corrected chi connectivity index (χ3v) is 5.59. The average Bonchev–Trinajstić information content (AvgIpc) is 2.74. The van der Waals surface area contributed by atoms with Crippen LogP contribution in [0.15, 0.2) is 34.3 Å². The third-order valence-electron chi connectivity index (χ3n) is 5.59. The molecule has 2 heterocycles. The van der Waals surface area contributed by atoms with Gasteiger partial charge in [-0.05, 0) is 43.9 Å². The Labute approximate surface area is 192 Å². The minimum Gasteiger partial charge on any atom is -0.493 e. The van der Waals surface area contributed by atoms with Crippen molar-refractivity contribution in [2.45, 2.75) is 44.2 Å². The second-order valence-corrected chi connectivity index (χ2v) is 9.58. The van der Waals surface area contributed by atoms with Crippen molar-refractivity contribution in [3.05, 3.63) is 51.7 Å². The molecule has 1 aromatic carbocycles. The van der Waals surface area contributed by atoms with Gasteiger partial charge < -0.3 is 19.1 Å². The Morgan fingerprint density at radius 2 is 1.94 bits per heavy atom. The minimum atomic E-state index is -3.67. The van der Waals surface area contributed by atoms with Gasteiger partial charge in [0, 0.05) is 36.5 Å². The number of aromatic nitrogens is 2. The molecule has 2 aromatic rings. The van der Waals surface area contributed by atoms with Crippen LogP contribution in [0.3, 0.4) is 0 Å². The summed E-state index contributed by atoms with van der Waals surface area (Å²) in [6.07, 6.45) is 5.98. The zero-order valence-electron chi connectivity index (χ0n) is 19.1. The summed E-state index contributed by atoms with van der Waals surface area (Å²) in [5.41, 5.74) is 3.34. The van der Waals surface area contributed by atoms with E-state index in [1.807, 2.05) is 19.1 Å². The van der Waals surface area contributed by atoms with Gasteiger partial charge in [0.2, 0.25) is 0 Å². The molecule has 10 nitrogen and oxygen atoms in total. The number of aliphatic hydroxyl groups is 1. The van der Waals surface area contributed by atoms with E-state index in [4.69, 9.17) is 19.0 Å². The van der Waals surface area contributed by atoms with E-state index in [-0.39, 0.29) is 23.8 Å². The van der Waals surface area contributed by atoms with Gasteiger partial charge in [0.25, 0.3) is 10.1 Å². The summed E-state index contributed by atoms with van der Waals surface area (Å²) in [6.45, 7) is 2.48. The van der Waals surface area contributed by atoms with Crippen LogP contribution in [0.4, 0.5) is 0 Å². The number of benzene rings is 1. The fourth-order valence-corrected chi connectivity index (χ4v) is 4.24. The lowest BCUT2D eigenvalue weighted by Crippen LogP contribution is -2.34. The lowest BCUT2D eigenvalue weighted by Gasteiger charge is -2.37. The van der Waals surface area contributed by atoms with Gasteiger partial charge in [-0.15, -0.1) is 0 Å². The summed E-state index contributed by atoms with van der Waals surface area (Å²) >= 11 is 0. The quantitative estimate of drug-likeness (QED) is 0.629. The van der Waals surface area contributed by atoms with E-state index in [1.165, 1.54) is 4.57 Å². The number of fused-ring (bicyclic) bond motifs is 3. The Bertz CT molecular complexity index is 1200. The fourth-order valence-electron chi connectivity index (χ4n) is 4.24. The van der Waals surface area contributed by atoms with Crippen molar-refractivity contribution in [2.24, 2.45) is 12.0 Å². The van der Waals surface area contributed by atoms with Crippen LogP contribution in [0.2, 0.25) is 0 Å². The number of hydrogen-bond acceptors (Lipinski definition) is 8. The molecule has 180 valence electrons. The number of aliphatic imine (C=N–C) groups is 1. The highest BCUT2D eigenvalue weighted by Gasteiger charge is 2.37. The maximum Gasteiger partial charge on any atom is 0.347 e. The molecule has 0 amide bonds. The van der Waals surface area contributed by atoms with E-state index in [9.17, 15) is 18.3 Å². The Morgan fingerprint density at radius 3 is 2.55 bits per heavy atom. The summed E-state index contributed by atoms with van der Waals surface area (Å²) in [5.74, 6) is 1.47. The number of hydrogen-bond donors (Lipinski definition) is 2. The van der Waals surface area contributed by atoms with Gasteiger partial charge >= 0.3 is 5.69 Å². The predicted molar refractivity (Wildman–Crippen MR) is 123 cm³/mol. The molecule has 1 fully saturated rings. The van der Waals surface area contributed by atoms with Crippen LogP contribution in [0, 0.1) is 0 Å². The molecule has 0 saturated heterocycles. The molecule has 2 N–H and O–H groups in total. The van der Waals surface area contributed by atoms with Crippen LogP contribution >= 0.6 is 0 Å². The van der Waals surface area contributed by atoms with E-state index in [0.29, 0.717) is 30.8 Å². The van der Waals surface area contributed by atoms with Crippen LogP contribution < -0.4 is 15.2 Å². The van der Waals surface area contributed by atoms with Crippen molar-refractivity contribution in [3.63, 3.8) is 0 Å². The molecule has 33 heavy (non-hydrogen) atoms. The van der Waals surface area contributed by atoms with Crippen molar-refractivity contribution < 1.29 is 27.6 Å². The van der Waals surface area contributed by atoms with E-state index >= 15 is 0 Å². The summed E-state index contributed by atoms with van der Waals surface area (Å²) in [5, 5.41) is 10.2. The highest BCUT2D eigenvalue weighted by atomic mass is 32.2. The highest BCUT2D eigenvalue weighted by Crippen LogP contribution is 2.44. The van der Waals surface area contributed by atoms with Crippen molar-refractivity contribution >= 4 is 15.8 Å². The molecule has 1 aliphatic carbocycles. The van der Waals surface area contributed by atoms with Crippen molar-refractivity contribution in [1.29, 1.82) is 0 Å². The molecular weight excluding hydrogens is 450 g/mol. The molecule has 0 bridgehead atoms. The lowest BCUT2D eigenvalue weighted by molar-refractivity contribution is 0.111. The SMILES string of the molecule is CCOc1cc2c(cc1OC)C(c1cnc(=O)n(C)c1)=N[C@@H]1CC[C@@H](O)C[C@H]21.CS(=O)(=O)O. The third kappa shape index (κ3) is 5.98. The second-order valence-electron chi connectivity index (χ2n) is 8.11. The predicted octanol–water partition coefficient (Wildman–Crippen LogP) is 1.54. The molecule has 3 atom stereocenters. The Morgan fingerprint density at radius 1 is 1.24 bits per heavy atom. The van der Waals surface area contributed by atoms with Crippen LogP contribution in [0.5, 0.6) is 11.5 Å². The Hall–Kier alpha value is -2.76. The molecule has 1 aliphatic heterocycles. The van der Waals surface area contributed by atoms with E-state index in [2.05, 4.69) is 4.98 Å². The monoisotopic (exact) mass is 479 g/mol. The first-order valence-electron chi connectivity index (χ1n) is 10.6. The second kappa shape index (κ2) is 10.0. The van der Waals surface area contributed by atoms with E-state index in [1.54, 1.807) is 26.6 Å². The molecule has 1 aromatic heterocycles. The highest BCUT2D eigenvalue weighted by molar-refractivity contribution is 7.85. The van der Waals surface area contributed by atoms with Crippen molar-refractivity contribution in [1.82, 2.24) is 9.55 Å². The first-order valence-corrected chi connectivity index (χ1v) is 12.4. The number of aryl methyl sites for hydroxylation is 1. The van der Waals surface area contributed by atoms with E-state index < -0.39 is 10.1 Å². The zero-order chi connectivity index (χ0) is 24.3. The maximum atomic E-state index is 11.7. The van der Waals surface area contributed by atoms with Gasteiger partial charge in [0.05, 0.1) is 37.8 Å². The van der Waals surface area contributed by atoms with Gasteiger partial charge in [0.1, 0.15) is 0 Å². The lowest BCUT2D eigenvalue weighted by atomic mass is 9.74. The first kappa shape index (κ1) is 24.9. The molecule has 4 rings (SSSR count). The molecule has 0 unspecified atom stereocenters. The van der Waals surface area contributed by atoms with Gasteiger partial charge in [-0.1, -0.05) is 0 Å². The fraction of sp³-hybridized carbons (Fsp3) is 0.500. The van der Waals surface area contributed by atoms with Crippen LogP contribution in [0.1, 0.15) is 48.8 Å². The molecular formula is C22H29N3O7S. The van der Waals surface area contributed by atoms with Gasteiger partial charge in [-0.3, -0.25) is 9.55 Å². The van der Waals surface area contributed by atoms with Crippen LogP contribution in [-0.2, 0) is 17.2 Å². The number of ether oxygens (including phenoxy) is 2. The molecule has 0 spiro atoms. The van der Waals surface area contributed by atoms with Crippen LogP contribution in [-0.4, -0.2) is 65.5 Å². The Kier molecular flexibility index (Phi) is 7.55. The molecule has 11 heteroatoms. The average molecular weight is 480 g/mol. The molecule has 2 aliphatic rings. The normalized spacial score (nSPS) is 21.6. The number of aliphatic hydroxyl groups excluding tert-OH is 1. The summed E-state index contributed by atoms with van der Waals surface area (Å²) in [6, 6.07) is 4.06. The number of rotatable bonds is 4. The maximum absolute atomic E-state index is 11.7. The van der Waals surface area contributed by atoms with Crippen molar-refractivity contribution in [2.75, 3.05) is 20.0 Å². The summed E-state index contributed by atoms with van der Waals surface area (Å²) < 4.78 is 38.7. The largest absolute Gasteiger partial charge is 0.493 e. The zero-order valence-corrected chi connectivity index (χ0v) is 19.9. The van der Waals surface area contributed by atoms with Gasteiger partial charge in [-0.2, -0.15) is 8.42 Å². The molecule has 1 saturated carbocycles. The minimum absolute atomic E-state index is 0.0889. The Balaban J connectivity index is 0.000000555. The van der Waals surface area contributed by atoms with Gasteiger partial charge in [0.15, 0.2) is 11.5 Å². The van der Waals surface area contributed by atoms with Crippen LogP contribution in [0.25, 0.3) is 0 Å². The van der Waals surface area contributed by atoms with Gasteiger partial charge in [-0.25, -0.2) is 9.78 Å². The first-order chi connectivity index (χ1) is 15.5. The molecule has 0 radical (unpaired) electrons.